The predicted molar refractivity (Wildman–Crippen MR) is 122 cm³/mol. The molecule has 0 bridgehead atoms. The minimum absolute atomic E-state index is 0.129. The van der Waals surface area contributed by atoms with Gasteiger partial charge in [-0.15, -0.1) is 28.5 Å². The second kappa shape index (κ2) is 10.1. The molecule has 10 heteroatoms. The lowest BCUT2D eigenvalue weighted by Gasteiger charge is -2.10. The fourth-order valence-electron chi connectivity index (χ4n) is 2.39. The Balaban J connectivity index is 1.66. The first-order valence-corrected chi connectivity index (χ1v) is 11.1. The van der Waals surface area contributed by atoms with Crippen LogP contribution in [0, 0.1) is 0 Å². The van der Waals surface area contributed by atoms with Crippen molar-refractivity contribution in [2.45, 2.75) is 10.1 Å². The van der Waals surface area contributed by atoms with Gasteiger partial charge in [-0.05, 0) is 30.3 Å². The van der Waals surface area contributed by atoms with Gasteiger partial charge in [0.25, 0.3) is 0 Å². The van der Waals surface area contributed by atoms with Crippen LogP contribution in [0.5, 0.6) is 0 Å². The molecular formula is C19H17Cl2N5OS2. The molecule has 0 spiro atoms. The summed E-state index contributed by atoms with van der Waals surface area (Å²) in [5, 5.41) is 12.4. The Morgan fingerprint density at radius 2 is 2.00 bits per heavy atom. The summed E-state index contributed by atoms with van der Waals surface area (Å²) in [6.07, 6.45) is 1.82. The molecule has 1 amide bonds. The standard InChI is InChI=1S/C19H17Cl2N5OS2/c1-2-9-28-16-6-4-3-5-15(16)23-17(27)11-29-19-25-24-18(26(19)22)13-8-7-12(20)10-14(13)21/h2-8,10H,1,9,11,22H2,(H,23,27). The average Bonchev–Trinajstić information content (AvgIpc) is 3.06. The molecule has 0 aliphatic heterocycles. The molecule has 2 aromatic carbocycles. The third-order valence-electron chi connectivity index (χ3n) is 3.69. The number of nitrogens with two attached hydrogens (primary N) is 1. The maximum atomic E-state index is 12.4. The Hall–Kier alpha value is -2.13. The van der Waals surface area contributed by atoms with Crippen LogP contribution in [-0.4, -0.2) is 32.3 Å². The summed E-state index contributed by atoms with van der Waals surface area (Å²) < 4.78 is 1.31. The third kappa shape index (κ3) is 5.48. The number of benzene rings is 2. The summed E-state index contributed by atoms with van der Waals surface area (Å²) in [6, 6.07) is 12.6. The van der Waals surface area contributed by atoms with Crippen LogP contribution in [0.4, 0.5) is 5.69 Å². The van der Waals surface area contributed by atoms with E-state index in [9.17, 15) is 4.79 Å². The van der Waals surface area contributed by atoms with Gasteiger partial charge in [-0.1, -0.05) is 53.2 Å². The number of amides is 1. The Morgan fingerprint density at radius 1 is 1.21 bits per heavy atom. The molecule has 0 saturated heterocycles. The molecule has 3 N–H and O–H groups in total. The normalized spacial score (nSPS) is 10.7. The molecule has 0 radical (unpaired) electrons. The predicted octanol–water partition coefficient (Wildman–Crippen LogP) is 4.97. The number of carbonyl (C=O) groups excluding carboxylic acids is 1. The van der Waals surface area contributed by atoms with Crippen LogP contribution < -0.4 is 11.2 Å². The van der Waals surface area contributed by atoms with E-state index in [0.29, 0.717) is 26.6 Å². The topological polar surface area (TPSA) is 85.8 Å². The first-order valence-electron chi connectivity index (χ1n) is 8.41. The number of nitrogens with zero attached hydrogens (tertiary/aromatic N) is 3. The molecule has 0 unspecified atom stereocenters. The van der Waals surface area contributed by atoms with Gasteiger partial charge in [-0.2, -0.15) is 0 Å². The number of aromatic nitrogens is 3. The Kier molecular flexibility index (Phi) is 7.49. The minimum Gasteiger partial charge on any atom is -0.335 e. The van der Waals surface area contributed by atoms with E-state index in [1.807, 2.05) is 30.3 Å². The van der Waals surface area contributed by atoms with E-state index in [1.165, 1.54) is 16.4 Å². The average molecular weight is 466 g/mol. The number of anilines is 1. The molecular weight excluding hydrogens is 449 g/mol. The molecule has 29 heavy (non-hydrogen) atoms. The van der Waals surface area contributed by atoms with Crippen molar-refractivity contribution in [2.24, 2.45) is 0 Å². The van der Waals surface area contributed by atoms with E-state index in [1.54, 1.807) is 30.0 Å². The number of hydrogen-bond acceptors (Lipinski definition) is 6. The zero-order valence-electron chi connectivity index (χ0n) is 15.1. The van der Waals surface area contributed by atoms with Crippen LogP contribution in [0.15, 0.2) is 65.2 Å². The van der Waals surface area contributed by atoms with Crippen LogP contribution in [0.2, 0.25) is 10.0 Å². The van der Waals surface area contributed by atoms with Gasteiger partial charge >= 0.3 is 0 Å². The highest BCUT2D eigenvalue weighted by Gasteiger charge is 2.16. The van der Waals surface area contributed by atoms with Crippen molar-refractivity contribution in [2.75, 3.05) is 22.7 Å². The summed E-state index contributed by atoms with van der Waals surface area (Å²) in [5.74, 6) is 7.20. The van der Waals surface area contributed by atoms with E-state index in [-0.39, 0.29) is 11.7 Å². The lowest BCUT2D eigenvalue weighted by molar-refractivity contribution is -0.113. The third-order valence-corrected chi connectivity index (χ3v) is 6.25. The van der Waals surface area contributed by atoms with E-state index in [4.69, 9.17) is 29.0 Å². The summed E-state index contributed by atoms with van der Waals surface area (Å²) >= 11 is 14.9. The molecule has 0 fully saturated rings. The molecule has 1 heterocycles. The van der Waals surface area contributed by atoms with Crippen molar-refractivity contribution in [3.05, 3.63) is 65.2 Å². The van der Waals surface area contributed by atoms with Crippen LogP contribution >= 0.6 is 46.7 Å². The molecule has 150 valence electrons. The molecule has 6 nitrogen and oxygen atoms in total. The van der Waals surface area contributed by atoms with Crippen LogP contribution in [-0.2, 0) is 4.79 Å². The van der Waals surface area contributed by atoms with Gasteiger partial charge in [0.1, 0.15) is 0 Å². The highest BCUT2D eigenvalue weighted by molar-refractivity contribution is 8.00. The lowest BCUT2D eigenvalue weighted by atomic mass is 10.2. The molecule has 3 rings (SSSR count). The molecule has 0 atom stereocenters. The van der Waals surface area contributed by atoms with Crippen molar-refractivity contribution < 1.29 is 4.79 Å². The van der Waals surface area contributed by atoms with Crippen molar-refractivity contribution in [1.82, 2.24) is 14.9 Å². The first-order chi connectivity index (χ1) is 14.0. The smallest absolute Gasteiger partial charge is 0.234 e. The molecule has 0 aliphatic carbocycles. The summed E-state index contributed by atoms with van der Waals surface area (Å²) in [5.41, 5.74) is 1.36. The fraction of sp³-hybridized carbons (Fsp3) is 0.105. The van der Waals surface area contributed by atoms with Gasteiger partial charge in [-0.25, -0.2) is 4.68 Å². The van der Waals surface area contributed by atoms with Crippen LogP contribution in [0.25, 0.3) is 11.4 Å². The number of nitrogens with one attached hydrogen (secondary N) is 1. The molecule has 1 aromatic heterocycles. The van der Waals surface area contributed by atoms with Gasteiger partial charge in [0.15, 0.2) is 5.82 Å². The lowest BCUT2D eigenvalue weighted by Crippen LogP contribution is -2.16. The summed E-state index contributed by atoms with van der Waals surface area (Å²) in [7, 11) is 0. The second-order valence-corrected chi connectivity index (χ2v) is 8.58. The Bertz CT molecular complexity index is 1040. The zero-order chi connectivity index (χ0) is 20.8. The minimum atomic E-state index is -0.171. The number of rotatable bonds is 8. The number of halogens is 2. The maximum Gasteiger partial charge on any atom is 0.234 e. The number of para-hydroxylation sites is 1. The highest BCUT2D eigenvalue weighted by Crippen LogP contribution is 2.30. The van der Waals surface area contributed by atoms with Crippen LogP contribution in [0.3, 0.4) is 0 Å². The quantitative estimate of drug-likeness (QED) is 0.277. The van der Waals surface area contributed by atoms with Crippen molar-refractivity contribution >= 4 is 58.3 Å². The van der Waals surface area contributed by atoms with Gasteiger partial charge in [0, 0.05) is 21.2 Å². The molecule has 3 aromatic rings. The van der Waals surface area contributed by atoms with Crippen molar-refractivity contribution in [3.8, 4) is 11.4 Å². The monoisotopic (exact) mass is 465 g/mol. The van der Waals surface area contributed by atoms with E-state index < -0.39 is 0 Å². The second-order valence-electron chi connectivity index (χ2n) is 5.73. The van der Waals surface area contributed by atoms with Crippen molar-refractivity contribution in [1.29, 1.82) is 0 Å². The fourth-order valence-corrected chi connectivity index (χ4v) is 4.29. The SMILES string of the molecule is C=CCSc1ccccc1NC(=O)CSc1nnc(-c2ccc(Cl)cc2Cl)n1N. The number of hydrogen-bond donors (Lipinski definition) is 2. The maximum absolute atomic E-state index is 12.4. The van der Waals surface area contributed by atoms with Crippen LogP contribution in [0.1, 0.15) is 0 Å². The van der Waals surface area contributed by atoms with Gasteiger partial charge in [0.05, 0.1) is 16.5 Å². The first kappa shape index (κ1) is 21.6. The Labute approximate surface area is 186 Å². The van der Waals surface area contributed by atoms with E-state index >= 15 is 0 Å². The summed E-state index contributed by atoms with van der Waals surface area (Å²) in [4.78, 5) is 13.4. The highest BCUT2D eigenvalue weighted by atomic mass is 35.5. The zero-order valence-corrected chi connectivity index (χ0v) is 18.3. The number of thioether (sulfide) groups is 2. The molecule has 0 saturated carbocycles. The van der Waals surface area contributed by atoms with Gasteiger partial charge < -0.3 is 11.2 Å². The van der Waals surface area contributed by atoms with Crippen molar-refractivity contribution in [3.63, 3.8) is 0 Å². The van der Waals surface area contributed by atoms with E-state index in [0.717, 1.165) is 16.3 Å². The molecule has 0 aliphatic rings. The largest absolute Gasteiger partial charge is 0.335 e. The summed E-state index contributed by atoms with van der Waals surface area (Å²) in [6.45, 7) is 3.72. The number of carbonyl (C=O) groups is 1. The van der Waals surface area contributed by atoms with Gasteiger partial charge in [-0.3, -0.25) is 4.79 Å². The van der Waals surface area contributed by atoms with E-state index in [2.05, 4.69) is 22.1 Å². The Morgan fingerprint density at radius 3 is 2.76 bits per heavy atom. The van der Waals surface area contributed by atoms with Gasteiger partial charge in [0.2, 0.25) is 11.1 Å². The number of nitrogen functional groups attached to an aromatic ring is 1.